The molecule has 3 aromatic carbocycles. The SMILES string of the molecule is N#C/C(=C/c1cc(I)c(OCc2ccc(Br)cc2)c(I)c1)c1cccc(Cl)c1. The molecule has 0 unspecified atom stereocenters. The van der Waals surface area contributed by atoms with Gasteiger partial charge in [0.2, 0.25) is 0 Å². The molecule has 0 heterocycles. The van der Waals surface area contributed by atoms with Crippen LogP contribution in [0.1, 0.15) is 16.7 Å². The van der Waals surface area contributed by atoms with Crippen molar-refractivity contribution in [3.8, 4) is 11.8 Å². The normalized spacial score (nSPS) is 11.2. The molecular weight excluding hydrogens is 663 g/mol. The minimum absolute atomic E-state index is 0.500. The van der Waals surface area contributed by atoms with Gasteiger partial charge >= 0.3 is 0 Å². The molecular formula is C22H13BrClI2NO. The van der Waals surface area contributed by atoms with Gasteiger partial charge in [0.1, 0.15) is 12.4 Å². The molecule has 140 valence electrons. The van der Waals surface area contributed by atoms with Crippen LogP contribution < -0.4 is 4.74 Å². The Bertz CT molecular complexity index is 1050. The van der Waals surface area contributed by atoms with E-state index in [9.17, 15) is 5.26 Å². The van der Waals surface area contributed by atoms with Crippen LogP contribution in [0.15, 0.2) is 65.1 Å². The Morgan fingerprint density at radius 2 is 1.75 bits per heavy atom. The first-order valence-corrected chi connectivity index (χ1v) is 11.5. The van der Waals surface area contributed by atoms with E-state index in [0.29, 0.717) is 17.2 Å². The Morgan fingerprint density at radius 1 is 1.07 bits per heavy atom. The van der Waals surface area contributed by atoms with Crippen molar-refractivity contribution in [2.45, 2.75) is 6.61 Å². The smallest absolute Gasteiger partial charge is 0.146 e. The van der Waals surface area contributed by atoms with Crippen molar-refractivity contribution in [2.24, 2.45) is 0 Å². The van der Waals surface area contributed by atoms with E-state index in [2.05, 4.69) is 67.2 Å². The molecule has 0 amide bonds. The van der Waals surface area contributed by atoms with Gasteiger partial charge in [-0.25, -0.2) is 0 Å². The van der Waals surface area contributed by atoms with Crippen LogP contribution in [0.3, 0.4) is 0 Å². The summed E-state index contributed by atoms with van der Waals surface area (Å²) < 4.78 is 9.09. The number of nitriles is 1. The monoisotopic (exact) mass is 675 g/mol. The maximum Gasteiger partial charge on any atom is 0.146 e. The molecule has 0 saturated carbocycles. The van der Waals surface area contributed by atoms with Gasteiger partial charge in [-0.1, -0.05) is 51.8 Å². The summed E-state index contributed by atoms with van der Waals surface area (Å²) in [6, 6.07) is 21.7. The Morgan fingerprint density at radius 3 is 2.36 bits per heavy atom. The van der Waals surface area contributed by atoms with E-state index >= 15 is 0 Å². The van der Waals surface area contributed by atoms with Crippen molar-refractivity contribution in [1.82, 2.24) is 0 Å². The molecule has 0 spiro atoms. The van der Waals surface area contributed by atoms with Crippen LogP contribution in [-0.4, -0.2) is 0 Å². The molecule has 0 bridgehead atoms. The second kappa shape index (κ2) is 10.1. The van der Waals surface area contributed by atoms with Crippen molar-refractivity contribution in [3.63, 3.8) is 0 Å². The quantitative estimate of drug-likeness (QED) is 0.156. The molecule has 0 aliphatic rings. The molecule has 0 N–H and O–H groups in total. The third-order valence-corrected chi connectivity index (χ3v) is 6.25. The number of hydrogen-bond acceptors (Lipinski definition) is 2. The molecule has 6 heteroatoms. The second-order valence-electron chi connectivity index (χ2n) is 5.91. The van der Waals surface area contributed by atoms with Crippen LogP contribution in [-0.2, 0) is 6.61 Å². The summed E-state index contributed by atoms with van der Waals surface area (Å²) in [6.45, 7) is 0.500. The summed E-state index contributed by atoms with van der Waals surface area (Å²) in [5.41, 5.74) is 3.42. The fourth-order valence-corrected chi connectivity index (χ4v) is 5.12. The predicted molar refractivity (Wildman–Crippen MR) is 135 cm³/mol. The summed E-state index contributed by atoms with van der Waals surface area (Å²) in [4.78, 5) is 0. The fraction of sp³-hybridized carbons (Fsp3) is 0.0455. The van der Waals surface area contributed by atoms with E-state index in [1.165, 1.54) is 0 Å². The average molecular weight is 677 g/mol. The summed E-state index contributed by atoms with van der Waals surface area (Å²) in [6.07, 6.45) is 1.87. The molecule has 28 heavy (non-hydrogen) atoms. The minimum atomic E-state index is 0.500. The molecule has 0 saturated heterocycles. The van der Waals surface area contributed by atoms with Crippen LogP contribution in [0.5, 0.6) is 5.75 Å². The summed E-state index contributed by atoms with van der Waals surface area (Å²) >= 11 is 14.0. The van der Waals surface area contributed by atoms with E-state index in [-0.39, 0.29) is 0 Å². The highest BCUT2D eigenvalue weighted by Crippen LogP contribution is 2.31. The first-order valence-electron chi connectivity index (χ1n) is 8.20. The highest BCUT2D eigenvalue weighted by Gasteiger charge is 2.10. The van der Waals surface area contributed by atoms with Gasteiger partial charge in [0.05, 0.1) is 18.8 Å². The van der Waals surface area contributed by atoms with E-state index < -0.39 is 0 Å². The van der Waals surface area contributed by atoms with Gasteiger partial charge < -0.3 is 4.74 Å². The standard InChI is InChI=1S/C22H13BrClI2NO/c23-18-6-4-14(5-7-18)13-28-22-20(25)9-15(10-21(22)26)8-17(12-27)16-2-1-3-19(24)11-16/h1-11H,13H2/b17-8-. The lowest BCUT2D eigenvalue weighted by molar-refractivity contribution is 0.301. The van der Waals surface area contributed by atoms with E-state index in [0.717, 1.165) is 34.1 Å². The third-order valence-electron chi connectivity index (χ3n) is 3.88. The lowest BCUT2D eigenvalue weighted by Gasteiger charge is -2.12. The topological polar surface area (TPSA) is 33.0 Å². The Kier molecular flexibility index (Phi) is 7.80. The van der Waals surface area contributed by atoms with Gasteiger partial charge in [0, 0.05) is 9.50 Å². The molecule has 0 fully saturated rings. The minimum Gasteiger partial charge on any atom is -0.487 e. The summed E-state index contributed by atoms with van der Waals surface area (Å²) in [5.74, 6) is 0.850. The maximum absolute atomic E-state index is 9.56. The van der Waals surface area contributed by atoms with E-state index in [1.54, 1.807) is 12.1 Å². The largest absolute Gasteiger partial charge is 0.487 e. The van der Waals surface area contributed by atoms with Crippen LogP contribution in [0.4, 0.5) is 0 Å². The van der Waals surface area contributed by atoms with Gasteiger partial charge in [0.25, 0.3) is 0 Å². The Labute approximate surface area is 205 Å². The number of nitrogens with zero attached hydrogens (tertiary/aromatic N) is 1. The summed E-state index contributed by atoms with van der Waals surface area (Å²) in [7, 11) is 0. The van der Waals surface area contributed by atoms with Gasteiger partial charge in [0.15, 0.2) is 0 Å². The van der Waals surface area contributed by atoms with Crippen molar-refractivity contribution in [3.05, 3.63) is 94.0 Å². The van der Waals surface area contributed by atoms with Gasteiger partial charge in [-0.05, 0) is 104 Å². The zero-order valence-corrected chi connectivity index (χ0v) is 21.1. The molecule has 3 aromatic rings. The highest BCUT2D eigenvalue weighted by atomic mass is 127. The number of allylic oxidation sites excluding steroid dienone is 1. The molecule has 0 radical (unpaired) electrons. The average Bonchev–Trinajstić information content (AvgIpc) is 2.67. The van der Waals surface area contributed by atoms with Crippen molar-refractivity contribution in [2.75, 3.05) is 0 Å². The van der Waals surface area contributed by atoms with Crippen molar-refractivity contribution >= 4 is 84.4 Å². The number of rotatable bonds is 5. The number of ether oxygens (including phenoxy) is 1. The van der Waals surface area contributed by atoms with Gasteiger partial charge in [-0.2, -0.15) is 5.26 Å². The predicted octanol–water partition coefficient (Wildman–Crippen LogP) is 7.95. The van der Waals surface area contributed by atoms with Crippen LogP contribution >= 0.6 is 72.7 Å². The van der Waals surface area contributed by atoms with Crippen molar-refractivity contribution in [1.29, 1.82) is 5.26 Å². The van der Waals surface area contributed by atoms with E-state index in [1.807, 2.05) is 54.6 Å². The summed E-state index contributed by atoms with van der Waals surface area (Å²) in [5, 5.41) is 10.2. The Balaban J connectivity index is 1.84. The zero-order chi connectivity index (χ0) is 20.1. The third kappa shape index (κ3) is 5.72. The van der Waals surface area contributed by atoms with Gasteiger partial charge in [-0.15, -0.1) is 0 Å². The first-order chi connectivity index (χ1) is 13.5. The Hall–Kier alpha value is -1.08. The maximum atomic E-state index is 9.56. The fourth-order valence-electron chi connectivity index (χ4n) is 2.54. The number of halogens is 4. The van der Waals surface area contributed by atoms with Gasteiger partial charge in [-0.3, -0.25) is 0 Å². The molecule has 2 nitrogen and oxygen atoms in total. The highest BCUT2D eigenvalue weighted by molar-refractivity contribution is 14.1. The number of hydrogen-bond donors (Lipinski definition) is 0. The lowest BCUT2D eigenvalue weighted by atomic mass is 10.0. The molecule has 0 aliphatic heterocycles. The van der Waals surface area contributed by atoms with Crippen LogP contribution in [0.2, 0.25) is 5.02 Å². The van der Waals surface area contributed by atoms with Crippen LogP contribution in [0, 0.1) is 18.5 Å². The zero-order valence-electron chi connectivity index (χ0n) is 14.4. The first kappa shape index (κ1) is 21.6. The molecule has 0 aromatic heterocycles. The van der Waals surface area contributed by atoms with Crippen molar-refractivity contribution < 1.29 is 4.74 Å². The molecule has 0 atom stereocenters. The molecule has 0 aliphatic carbocycles. The van der Waals surface area contributed by atoms with Crippen LogP contribution in [0.25, 0.3) is 11.6 Å². The van der Waals surface area contributed by atoms with E-state index in [4.69, 9.17) is 16.3 Å². The molecule has 3 rings (SSSR count). The second-order valence-corrected chi connectivity index (χ2v) is 9.59. The lowest BCUT2D eigenvalue weighted by Crippen LogP contribution is -1.99. The number of benzene rings is 3.